The molecule has 1 aliphatic heterocycles. The van der Waals surface area contributed by atoms with Crippen LogP contribution < -0.4 is 4.74 Å². The highest BCUT2D eigenvalue weighted by Gasteiger charge is 2.27. The van der Waals surface area contributed by atoms with E-state index >= 15 is 0 Å². The zero-order valence-electron chi connectivity index (χ0n) is 17.1. The molecule has 1 unspecified atom stereocenters. The minimum Gasteiger partial charge on any atom is -0.495 e. The minimum atomic E-state index is 0.318. The molecule has 30 heavy (non-hydrogen) atoms. The van der Waals surface area contributed by atoms with Gasteiger partial charge in [0.1, 0.15) is 11.6 Å². The normalized spacial score (nSPS) is 15.6. The summed E-state index contributed by atoms with van der Waals surface area (Å²) in [6.45, 7) is 2.88. The van der Waals surface area contributed by atoms with Crippen LogP contribution in [0.5, 0.6) is 5.75 Å². The number of hydrogen-bond acceptors (Lipinski definition) is 4. The van der Waals surface area contributed by atoms with Crippen LogP contribution in [0.3, 0.4) is 0 Å². The van der Waals surface area contributed by atoms with Crippen LogP contribution in [-0.2, 0) is 6.54 Å². The van der Waals surface area contributed by atoms with Crippen LogP contribution in [0.2, 0.25) is 0 Å². The van der Waals surface area contributed by atoms with E-state index in [9.17, 15) is 0 Å². The van der Waals surface area contributed by atoms with Gasteiger partial charge in [-0.25, -0.2) is 14.6 Å². The van der Waals surface area contributed by atoms with Crippen LogP contribution in [0.15, 0.2) is 61.1 Å². The lowest BCUT2D eigenvalue weighted by Gasteiger charge is -2.09. The van der Waals surface area contributed by atoms with Gasteiger partial charge < -0.3 is 9.30 Å². The van der Waals surface area contributed by atoms with Crippen molar-refractivity contribution >= 4 is 12.2 Å². The van der Waals surface area contributed by atoms with Crippen molar-refractivity contribution in [3.05, 3.63) is 89.5 Å². The van der Waals surface area contributed by atoms with Gasteiger partial charge in [-0.3, -0.25) is 0 Å². The molecule has 2 aromatic carbocycles. The van der Waals surface area contributed by atoms with E-state index in [0.717, 1.165) is 47.3 Å². The first-order valence-corrected chi connectivity index (χ1v) is 10.1. The monoisotopic (exact) mass is 397 g/mol. The number of aromatic nitrogens is 5. The number of rotatable bonds is 5. The lowest BCUT2D eigenvalue weighted by atomic mass is 9.97. The molecular formula is C24H23N5O. The summed E-state index contributed by atoms with van der Waals surface area (Å²) in [6.07, 6.45) is 8.81. The van der Waals surface area contributed by atoms with Crippen molar-refractivity contribution in [3.63, 3.8) is 0 Å². The molecule has 6 nitrogen and oxygen atoms in total. The van der Waals surface area contributed by atoms with Gasteiger partial charge in [0.2, 0.25) is 0 Å². The summed E-state index contributed by atoms with van der Waals surface area (Å²) in [5.74, 6) is 2.89. The van der Waals surface area contributed by atoms with Crippen LogP contribution in [0.4, 0.5) is 0 Å². The first-order valence-electron chi connectivity index (χ1n) is 10.1. The molecule has 3 heterocycles. The number of imidazole rings is 1. The van der Waals surface area contributed by atoms with Gasteiger partial charge in [-0.05, 0) is 42.7 Å². The topological polar surface area (TPSA) is 57.8 Å². The molecule has 0 saturated carbocycles. The number of ether oxygens (including phenoxy) is 1. The third-order valence-corrected chi connectivity index (χ3v) is 5.48. The molecular weight excluding hydrogens is 374 g/mol. The summed E-state index contributed by atoms with van der Waals surface area (Å²) in [4.78, 5) is 9.09. The summed E-state index contributed by atoms with van der Waals surface area (Å²) in [5.41, 5.74) is 4.25. The molecule has 0 spiro atoms. The highest BCUT2D eigenvalue weighted by Crippen LogP contribution is 2.32. The molecule has 6 heteroatoms. The van der Waals surface area contributed by atoms with E-state index in [0.29, 0.717) is 5.92 Å². The van der Waals surface area contributed by atoms with Crippen LogP contribution in [0.1, 0.15) is 40.8 Å². The summed E-state index contributed by atoms with van der Waals surface area (Å²) >= 11 is 0. The van der Waals surface area contributed by atoms with Gasteiger partial charge in [0.05, 0.1) is 24.8 Å². The Bertz CT molecular complexity index is 1210. The second-order valence-corrected chi connectivity index (χ2v) is 7.49. The number of nitrogens with zero attached hydrogens (tertiary/aromatic N) is 5. The van der Waals surface area contributed by atoms with E-state index in [1.54, 1.807) is 13.4 Å². The molecule has 150 valence electrons. The van der Waals surface area contributed by atoms with Crippen molar-refractivity contribution < 1.29 is 4.74 Å². The van der Waals surface area contributed by atoms with Crippen LogP contribution in [0, 0.1) is 6.92 Å². The Morgan fingerprint density at radius 3 is 2.73 bits per heavy atom. The number of fused-ring (bicyclic) bond motifs is 1. The first-order chi connectivity index (χ1) is 14.7. The van der Waals surface area contributed by atoms with Crippen molar-refractivity contribution in [3.8, 4) is 11.4 Å². The Morgan fingerprint density at radius 1 is 1.10 bits per heavy atom. The molecule has 2 aromatic heterocycles. The lowest BCUT2D eigenvalue weighted by Crippen LogP contribution is -1.98. The van der Waals surface area contributed by atoms with Gasteiger partial charge in [0, 0.05) is 18.7 Å². The maximum atomic E-state index is 5.60. The van der Waals surface area contributed by atoms with Gasteiger partial charge in [-0.2, -0.15) is 5.10 Å². The van der Waals surface area contributed by atoms with Crippen molar-refractivity contribution in [2.75, 3.05) is 7.11 Å². The van der Waals surface area contributed by atoms with Gasteiger partial charge in [-0.1, -0.05) is 42.5 Å². The molecule has 1 aliphatic rings. The van der Waals surface area contributed by atoms with E-state index in [2.05, 4.69) is 40.4 Å². The number of aryl methyl sites for hydroxylation is 2. The number of benzene rings is 2. The third kappa shape index (κ3) is 3.41. The van der Waals surface area contributed by atoms with Crippen LogP contribution in [-0.4, -0.2) is 31.4 Å². The molecule has 5 rings (SSSR count). The number of methoxy groups -OCH3 is 1. The average Bonchev–Trinajstić information content (AvgIpc) is 3.48. The Morgan fingerprint density at radius 2 is 1.97 bits per heavy atom. The molecule has 0 saturated heterocycles. The minimum absolute atomic E-state index is 0.318. The van der Waals surface area contributed by atoms with Crippen LogP contribution in [0.25, 0.3) is 17.8 Å². The van der Waals surface area contributed by atoms with E-state index in [1.807, 2.05) is 52.7 Å². The van der Waals surface area contributed by atoms with Crippen molar-refractivity contribution in [2.45, 2.75) is 25.8 Å². The smallest absolute Gasteiger partial charge is 0.174 e. The quantitative estimate of drug-likeness (QED) is 0.498. The summed E-state index contributed by atoms with van der Waals surface area (Å²) < 4.78 is 9.59. The summed E-state index contributed by atoms with van der Waals surface area (Å²) in [5, 5.41) is 4.67. The zero-order chi connectivity index (χ0) is 20.5. The summed E-state index contributed by atoms with van der Waals surface area (Å²) in [6, 6.07) is 16.6. The molecule has 0 fully saturated rings. The van der Waals surface area contributed by atoms with Gasteiger partial charge in [0.15, 0.2) is 5.82 Å². The second kappa shape index (κ2) is 7.63. The highest BCUT2D eigenvalue weighted by molar-refractivity contribution is 5.69. The third-order valence-electron chi connectivity index (χ3n) is 5.48. The highest BCUT2D eigenvalue weighted by atomic mass is 16.5. The van der Waals surface area contributed by atoms with E-state index in [4.69, 9.17) is 9.72 Å². The first kappa shape index (κ1) is 18.4. The molecule has 0 bridgehead atoms. The lowest BCUT2D eigenvalue weighted by molar-refractivity contribution is 0.413. The van der Waals surface area contributed by atoms with Gasteiger partial charge in [0.25, 0.3) is 0 Å². The fourth-order valence-electron chi connectivity index (χ4n) is 3.98. The van der Waals surface area contributed by atoms with Crippen LogP contribution >= 0.6 is 0 Å². The van der Waals surface area contributed by atoms with Crippen molar-refractivity contribution in [2.24, 2.45) is 0 Å². The SMILES string of the molecule is COc1cc(/C=C/c2nc3n(n2)CCC3c2ccccc2)ccc1-n1cnc(C)c1. The fourth-order valence-corrected chi connectivity index (χ4v) is 3.98. The Labute approximate surface area is 175 Å². The largest absolute Gasteiger partial charge is 0.495 e. The number of hydrogen-bond donors (Lipinski definition) is 0. The maximum Gasteiger partial charge on any atom is 0.174 e. The Hall–Kier alpha value is -3.67. The fraction of sp³-hybridized carbons (Fsp3) is 0.208. The van der Waals surface area contributed by atoms with Crippen molar-refractivity contribution in [1.29, 1.82) is 0 Å². The predicted octanol–water partition coefficient (Wildman–Crippen LogP) is 4.49. The summed E-state index contributed by atoms with van der Waals surface area (Å²) in [7, 11) is 1.68. The average molecular weight is 397 g/mol. The van der Waals surface area contributed by atoms with Gasteiger partial charge >= 0.3 is 0 Å². The molecule has 0 radical (unpaired) electrons. The van der Waals surface area contributed by atoms with E-state index in [-0.39, 0.29) is 0 Å². The molecule has 0 aliphatic carbocycles. The Balaban J connectivity index is 1.39. The van der Waals surface area contributed by atoms with E-state index in [1.165, 1.54) is 5.56 Å². The van der Waals surface area contributed by atoms with E-state index < -0.39 is 0 Å². The molecule has 0 amide bonds. The molecule has 0 N–H and O–H groups in total. The molecule has 4 aromatic rings. The van der Waals surface area contributed by atoms with Gasteiger partial charge in [-0.15, -0.1) is 0 Å². The zero-order valence-corrected chi connectivity index (χ0v) is 17.1. The molecule has 1 atom stereocenters. The predicted molar refractivity (Wildman–Crippen MR) is 117 cm³/mol. The van der Waals surface area contributed by atoms with Crippen molar-refractivity contribution in [1.82, 2.24) is 24.3 Å². The second-order valence-electron chi connectivity index (χ2n) is 7.49. The Kier molecular flexibility index (Phi) is 4.67. The standard InChI is InChI=1S/C24H23N5O/c1-17-15-28(16-25-17)21-10-8-18(14-22(21)30-2)9-11-23-26-24-20(12-13-29(24)27-23)19-6-4-3-5-7-19/h3-11,14-16,20H,12-13H2,1-2H3/b11-9+. The maximum absolute atomic E-state index is 5.60.